The number of hydrogen-bond acceptors (Lipinski definition) is 5. The maximum atomic E-state index is 12.6. The van der Waals surface area contributed by atoms with Gasteiger partial charge in [0.05, 0.1) is 0 Å². The van der Waals surface area contributed by atoms with Gasteiger partial charge in [0.1, 0.15) is 0 Å². The van der Waals surface area contributed by atoms with Gasteiger partial charge in [-0.05, 0) is 88.4 Å². The molecule has 3 N–H and O–H groups in total. The SMILES string of the molecule is NC1CCC(NC(=O)CC2CCC3(CC2)OOC2(O3)C3CC4CC(C3)CC2C4)CC1. The molecule has 1 aliphatic heterocycles. The first-order valence-corrected chi connectivity index (χ1v) is 12.6. The van der Waals surface area contributed by atoms with E-state index in [2.05, 4.69) is 5.32 Å². The van der Waals surface area contributed by atoms with Gasteiger partial charge in [-0.3, -0.25) is 4.79 Å². The topological polar surface area (TPSA) is 82.8 Å². The smallest absolute Gasteiger partial charge is 0.220 e. The lowest BCUT2D eigenvalue weighted by Crippen LogP contribution is -2.59. The van der Waals surface area contributed by atoms with Crippen molar-refractivity contribution < 1.29 is 19.3 Å². The fourth-order valence-electron chi connectivity index (χ4n) is 7.93. The summed E-state index contributed by atoms with van der Waals surface area (Å²) in [5.41, 5.74) is 5.98. The molecule has 1 saturated heterocycles. The highest BCUT2D eigenvalue weighted by Crippen LogP contribution is 2.63. The van der Waals surface area contributed by atoms with Crippen LogP contribution < -0.4 is 11.1 Å². The fourth-order valence-corrected chi connectivity index (χ4v) is 7.93. The molecule has 30 heavy (non-hydrogen) atoms. The van der Waals surface area contributed by atoms with Crippen molar-refractivity contribution in [2.45, 2.75) is 114 Å². The summed E-state index contributed by atoms with van der Waals surface area (Å²) < 4.78 is 6.78. The van der Waals surface area contributed by atoms with E-state index in [0.29, 0.717) is 36.3 Å². The molecule has 6 nitrogen and oxygen atoms in total. The summed E-state index contributed by atoms with van der Waals surface area (Å²) in [4.78, 5) is 24.7. The lowest BCUT2D eigenvalue weighted by molar-refractivity contribution is -0.390. The van der Waals surface area contributed by atoms with E-state index in [-0.39, 0.29) is 5.91 Å². The zero-order valence-corrected chi connectivity index (χ0v) is 18.2. The van der Waals surface area contributed by atoms with E-state index in [1.54, 1.807) is 0 Å². The monoisotopic (exact) mass is 418 g/mol. The van der Waals surface area contributed by atoms with Crippen molar-refractivity contribution >= 4 is 5.91 Å². The summed E-state index contributed by atoms with van der Waals surface area (Å²) in [6.45, 7) is 0. The van der Waals surface area contributed by atoms with E-state index in [1.807, 2.05) is 0 Å². The second-order valence-electron chi connectivity index (χ2n) is 11.5. The number of nitrogens with one attached hydrogen (secondary N) is 1. The predicted molar refractivity (Wildman–Crippen MR) is 111 cm³/mol. The predicted octanol–water partition coefficient (Wildman–Crippen LogP) is 3.78. The third-order valence-corrected chi connectivity index (χ3v) is 9.42. The summed E-state index contributed by atoms with van der Waals surface area (Å²) >= 11 is 0. The third-order valence-electron chi connectivity index (χ3n) is 9.42. The van der Waals surface area contributed by atoms with Crippen molar-refractivity contribution in [3.05, 3.63) is 0 Å². The first kappa shape index (κ1) is 20.0. The number of amides is 1. The molecule has 4 bridgehead atoms. The molecule has 1 amide bonds. The first-order chi connectivity index (χ1) is 14.5. The molecule has 0 radical (unpaired) electrons. The Morgan fingerprint density at radius 3 is 2.13 bits per heavy atom. The van der Waals surface area contributed by atoms with E-state index >= 15 is 0 Å². The van der Waals surface area contributed by atoms with Crippen LogP contribution in [0.5, 0.6) is 0 Å². The van der Waals surface area contributed by atoms with Crippen LogP contribution in [0, 0.1) is 29.6 Å². The minimum atomic E-state index is -0.568. The highest BCUT2D eigenvalue weighted by Gasteiger charge is 2.66. The molecule has 7 aliphatic rings. The number of nitrogens with two attached hydrogens (primary N) is 1. The molecule has 6 heteroatoms. The number of carbonyl (C=O) groups excluding carboxylic acids is 1. The van der Waals surface area contributed by atoms with Gasteiger partial charge in [0.25, 0.3) is 0 Å². The van der Waals surface area contributed by atoms with Crippen LogP contribution >= 0.6 is 0 Å². The average Bonchev–Trinajstić information content (AvgIpc) is 3.10. The summed E-state index contributed by atoms with van der Waals surface area (Å²) in [6, 6.07) is 0.637. The molecular formula is C24H38N2O4. The highest BCUT2D eigenvalue weighted by molar-refractivity contribution is 5.76. The maximum Gasteiger partial charge on any atom is 0.220 e. The van der Waals surface area contributed by atoms with E-state index in [1.165, 1.54) is 32.1 Å². The zero-order valence-electron chi connectivity index (χ0n) is 18.2. The van der Waals surface area contributed by atoms with Crippen molar-refractivity contribution in [1.29, 1.82) is 0 Å². The molecule has 0 aromatic carbocycles. The average molecular weight is 419 g/mol. The number of ether oxygens (including phenoxy) is 1. The van der Waals surface area contributed by atoms with Gasteiger partial charge in [-0.25, -0.2) is 0 Å². The van der Waals surface area contributed by atoms with Gasteiger partial charge in [0.15, 0.2) is 0 Å². The minimum Gasteiger partial charge on any atom is -0.353 e. The summed E-state index contributed by atoms with van der Waals surface area (Å²) in [5, 5.41) is 3.25. The van der Waals surface area contributed by atoms with Crippen LogP contribution in [0.1, 0.15) is 89.9 Å². The van der Waals surface area contributed by atoms with Crippen molar-refractivity contribution in [2.24, 2.45) is 35.3 Å². The van der Waals surface area contributed by atoms with Crippen LogP contribution in [-0.4, -0.2) is 29.6 Å². The molecule has 0 unspecified atom stereocenters. The van der Waals surface area contributed by atoms with Crippen LogP contribution in [0.25, 0.3) is 0 Å². The van der Waals surface area contributed by atoms with E-state index in [0.717, 1.165) is 63.2 Å². The lowest BCUT2D eigenvalue weighted by atomic mass is 9.53. The van der Waals surface area contributed by atoms with Crippen LogP contribution in [0.2, 0.25) is 0 Å². The van der Waals surface area contributed by atoms with Gasteiger partial charge < -0.3 is 15.8 Å². The Hall–Kier alpha value is -0.690. The van der Waals surface area contributed by atoms with Gasteiger partial charge in [-0.2, -0.15) is 9.78 Å². The fraction of sp³-hybridized carbons (Fsp3) is 0.958. The highest BCUT2D eigenvalue weighted by atomic mass is 17.3. The standard InChI is InChI=1S/C24H38N2O4/c25-20-1-3-21(4-2-20)26-22(27)14-15-5-7-23(8-6-15)28-24(30-29-23)18-10-16-9-17(12-18)13-19(24)11-16/h15-21H,1-14,25H2,(H,26,27). The first-order valence-electron chi connectivity index (χ1n) is 12.6. The Labute approximate surface area is 179 Å². The normalized spacial score (nSPS) is 52.2. The van der Waals surface area contributed by atoms with Crippen molar-refractivity contribution in [3.8, 4) is 0 Å². The quantitative estimate of drug-likeness (QED) is 0.682. The Morgan fingerprint density at radius 1 is 0.867 bits per heavy atom. The molecule has 7 fully saturated rings. The molecular weight excluding hydrogens is 380 g/mol. The Morgan fingerprint density at radius 2 is 1.50 bits per heavy atom. The van der Waals surface area contributed by atoms with Crippen molar-refractivity contribution in [3.63, 3.8) is 0 Å². The molecule has 0 atom stereocenters. The molecule has 0 aromatic rings. The molecule has 6 aliphatic carbocycles. The summed E-state index contributed by atoms with van der Waals surface area (Å²) in [5.74, 6) is 2.39. The van der Waals surface area contributed by atoms with Crippen LogP contribution in [-0.2, 0) is 19.3 Å². The van der Waals surface area contributed by atoms with Crippen molar-refractivity contribution in [2.75, 3.05) is 0 Å². The van der Waals surface area contributed by atoms with Crippen LogP contribution in [0.4, 0.5) is 0 Å². The number of hydrogen-bond donors (Lipinski definition) is 2. The summed E-state index contributed by atoms with van der Waals surface area (Å²) in [7, 11) is 0. The molecule has 1 heterocycles. The van der Waals surface area contributed by atoms with E-state index in [4.69, 9.17) is 20.2 Å². The number of carbonyl (C=O) groups is 1. The van der Waals surface area contributed by atoms with Gasteiger partial charge in [0.2, 0.25) is 17.5 Å². The van der Waals surface area contributed by atoms with Crippen LogP contribution in [0.15, 0.2) is 0 Å². The molecule has 0 aromatic heterocycles. The van der Waals surface area contributed by atoms with Gasteiger partial charge >= 0.3 is 0 Å². The summed E-state index contributed by atoms with van der Waals surface area (Å²) in [6.07, 6.45) is 14.8. The number of rotatable bonds is 3. The van der Waals surface area contributed by atoms with E-state index < -0.39 is 11.6 Å². The Balaban J connectivity index is 1.02. The lowest BCUT2D eigenvalue weighted by Gasteiger charge is -2.57. The van der Waals surface area contributed by atoms with Gasteiger partial charge in [0, 0.05) is 43.2 Å². The van der Waals surface area contributed by atoms with Gasteiger partial charge in [-0.15, -0.1) is 0 Å². The molecule has 168 valence electrons. The maximum absolute atomic E-state index is 12.6. The second-order valence-corrected chi connectivity index (χ2v) is 11.5. The minimum absolute atomic E-state index is 0.207. The largest absolute Gasteiger partial charge is 0.353 e. The second kappa shape index (κ2) is 7.43. The van der Waals surface area contributed by atoms with Crippen molar-refractivity contribution in [1.82, 2.24) is 5.32 Å². The zero-order chi connectivity index (χ0) is 20.3. The van der Waals surface area contributed by atoms with E-state index in [9.17, 15) is 4.79 Å². The van der Waals surface area contributed by atoms with Crippen LogP contribution in [0.3, 0.4) is 0 Å². The molecule has 7 rings (SSSR count). The Bertz CT molecular complexity index is 638. The Kier molecular flexibility index (Phi) is 4.94. The molecule has 6 saturated carbocycles. The van der Waals surface area contributed by atoms with Gasteiger partial charge in [-0.1, -0.05) is 0 Å². The molecule has 2 spiro atoms. The third kappa shape index (κ3) is 3.42.